The zero-order valence-corrected chi connectivity index (χ0v) is 18.0. The predicted molar refractivity (Wildman–Crippen MR) is 123 cm³/mol. The van der Waals surface area contributed by atoms with Crippen molar-refractivity contribution in [3.63, 3.8) is 0 Å². The fourth-order valence-corrected chi connectivity index (χ4v) is 3.13. The van der Waals surface area contributed by atoms with Gasteiger partial charge < -0.3 is 15.2 Å². The molecule has 0 saturated heterocycles. The first-order chi connectivity index (χ1) is 15.4. The lowest BCUT2D eigenvalue weighted by Gasteiger charge is -2.08. The first kappa shape index (κ1) is 22.9. The fourth-order valence-electron chi connectivity index (χ4n) is 2.67. The summed E-state index contributed by atoms with van der Waals surface area (Å²) in [7, 11) is 0. The van der Waals surface area contributed by atoms with Crippen molar-refractivity contribution in [2.24, 2.45) is 0 Å². The number of aromatic carboxylic acids is 1. The minimum Gasteiger partial charge on any atom is -0.489 e. The molecule has 0 heterocycles. The smallest absolute Gasteiger partial charge is 0.335 e. The summed E-state index contributed by atoms with van der Waals surface area (Å²) in [5, 5.41) is 21.9. The molecule has 3 rings (SSSR count). The molecule has 3 aromatic carbocycles. The molecule has 32 heavy (non-hydrogen) atoms. The van der Waals surface area contributed by atoms with E-state index in [1.807, 2.05) is 6.07 Å². The van der Waals surface area contributed by atoms with Crippen molar-refractivity contribution in [3.05, 3.63) is 99.0 Å². The highest BCUT2D eigenvalue weighted by atomic mass is 35.5. The molecule has 0 bridgehead atoms. The molecule has 6 nitrogen and oxygen atoms in total. The molecule has 3 aromatic rings. The van der Waals surface area contributed by atoms with Crippen molar-refractivity contribution < 1.29 is 19.4 Å². The number of carboxylic acids is 1. The second-order valence-corrected chi connectivity index (χ2v) is 7.44. The van der Waals surface area contributed by atoms with Crippen LogP contribution in [0.2, 0.25) is 10.0 Å². The van der Waals surface area contributed by atoms with Gasteiger partial charge in [0.05, 0.1) is 5.56 Å². The summed E-state index contributed by atoms with van der Waals surface area (Å²) in [4.78, 5) is 23.3. The van der Waals surface area contributed by atoms with Gasteiger partial charge >= 0.3 is 5.97 Å². The number of amides is 1. The zero-order chi connectivity index (χ0) is 23.1. The molecule has 0 aliphatic heterocycles. The Hall–Kier alpha value is -3.79. The molecular formula is C24H16Cl2N2O4. The Bertz CT molecular complexity index is 1210. The maximum Gasteiger partial charge on any atom is 0.335 e. The number of nitrogens with one attached hydrogen (secondary N) is 1. The van der Waals surface area contributed by atoms with Gasteiger partial charge in [-0.1, -0.05) is 41.4 Å². The molecule has 0 aliphatic rings. The highest BCUT2D eigenvalue weighted by Crippen LogP contribution is 2.23. The first-order valence-electron chi connectivity index (χ1n) is 9.29. The van der Waals surface area contributed by atoms with Crippen LogP contribution in [-0.2, 0) is 11.4 Å². The molecule has 160 valence electrons. The molecule has 0 atom stereocenters. The topological polar surface area (TPSA) is 99.4 Å². The number of nitrogens with zero attached hydrogens (tertiary/aromatic N) is 1. The van der Waals surface area contributed by atoms with E-state index in [2.05, 4.69) is 5.32 Å². The summed E-state index contributed by atoms with van der Waals surface area (Å²) < 4.78 is 5.72. The Kier molecular flexibility index (Phi) is 7.50. The lowest BCUT2D eigenvalue weighted by Crippen LogP contribution is -2.13. The Labute approximate surface area is 194 Å². The van der Waals surface area contributed by atoms with Crippen LogP contribution < -0.4 is 10.1 Å². The summed E-state index contributed by atoms with van der Waals surface area (Å²) in [6, 6.07) is 19.5. The maximum absolute atomic E-state index is 12.4. The van der Waals surface area contributed by atoms with Crippen LogP contribution in [0.4, 0.5) is 5.69 Å². The van der Waals surface area contributed by atoms with E-state index < -0.39 is 11.9 Å². The first-order valence-corrected chi connectivity index (χ1v) is 10.0. The molecule has 2 N–H and O–H groups in total. The summed E-state index contributed by atoms with van der Waals surface area (Å²) in [6.45, 7) is 0.262. The molecule has 1 amide bonds. The van der Waals surface area contributed by atoms with E-state index in [0.29, 0.717) is 27.0 Å². The van der Waals surface area contributed by atoms with Crippen molar-refractivity contribution in [3.8, 4) is 11.8 Å². The molecule has 0 fully saturated rings. The minimum absolute atomic E-state index is 0.0969. The van der Waals surface area contributed by atoms with Crippen LogP contribution in [-0.4, -0.2) is 17.0 Å². The van der Waals surface area contributed by atoms with E-state index in [0.717, 1.165) is 5.56 Å². The number of halogens is 2. The van der Waals surface area contributed by atoms with Crippen molar-refractivity contribution in [2.75, 3.05) is 5.32 Å². The lowest BCUT2D eigenvalue weighted by molar-refractivity contribution is -0.112. The van der Waals surface area contributed by atoms with Crippen molar-refractivity contribution in [1.82, 2.24) is 0 Å². The van der Waals surface area contributed by atoms with Gasteiger partial charge in [0.1, 0.15) is 24.0 Å². The van der Waals surface area contributed by atoms with Crippen LogP contribution >= 0.6 is 23.2 Å². The molecule has 0 aliphatic carbocycles. The van der Waals surface area contributed by atoms with Crippen LogP contribution in [0.5, 0.6) is 5.75 Å². The highest BCUT2D eigenvalue weighted by molar-refractivity contribution is 6.35. The normalized spacial score (nSPS) is 10.8. The predicted octanol–water partition coefficient (Wildman–Crippen LogP) is 5.82. The van der Waals surface area contributed by atoms with Gasteiger partial charge in [-0.05, 0) is 60.2 Å². The number of anilines is 1. The third-order valence-corrected chi connectivity index (χ3v) is 4.94. The quantitative estimate of drug-likeness (QED) is 0.337. The highest BCUT2D eigenvalue weighted by Gasteiger charge is 2.11. The number of benzene rings is 3. The van der Waals surface area contributed by atoms with Gasteiger partial charge in [-0.25, -0.2) is 4.79 Å². The summed E-state index contributed by atoms with van der Waals surface area (Å²) in [5.74, 6) is -1.08. The number of hydrogen-bond donors (Lipinski definition) is 2. The van der Waals surface area contributed by atoms with E-state index in [1.54, 1.807) is 42.5 Å². The van der Waals surface area contributed by atoms with E-state index in [1.165, 1.54) is 30.3 Å². The number of carbonyl (C=O) groups is 2. The van der Waals surface area contributed by atoms with E-state index in [4.69, 9.17) is 33.0 Å². The Morgan fingerprint density at radius 1 is 1.03 bits per heavy atom. The number of nitriles is 1. The van der Waals surface area contributed by atoms with Gasteiger partial charge in [0.2, 0.25) is 0 Å². The van der Waals surface area contributed by atoms with E-state index in [9.17, 15) is 14.9 Å². The minimum atomic E-state index is -1.07. The standard InChI is InChI=1S/C24H16Cl2N2O4/c25-19-6-3-17(22(26)12-19)14-32-21-9-1-15(2-10-21)11-18(13-27)23(29)28-20-7-4-16(5-8-20)24(30)31/h1-12H,14H2,(H,28,29)(H,30,31)/b18-11+. The second kappa shape index (κ2) is 10.5. The Morgan fingerprint density at radius 3 is 2.31 bits per heavy atom. The van der Waals surface area contributed by atoms with Gasteiger partial charge in [0, 0.05) is 21.3 Å². The van der Waals surface area contributed by atoms with Gasteiger partial charge in [-0.2, -0.15) is 5.26 Å². The summed E-state index contributed by atoms with van der Waals surface area (Å²) in [5.41, 5.74) is 1.80. The van der Waals surface area contributed by atoms with Crippen molar-refractivity contribution in [2.45, 2.75) is 6.61 Å². The van der Waals surface area contributed by atoms with Gasteiger partial charge in [0.25, 0.3) is 5.91 Å². The number of hydrogen-bond acceptors (Lipinski definition) is 4. The van der Waals surface area contributed by atoms with Crippen molar-refractivity contribution in [1.29, 1.82) is 5.26 Å². The number of carboxylic acid groups (broad SMARTS) is 1. The molecular weight excluding hydrogens is 451 g/mol. The third kappa shape index (κ3) is 6.11. The number of rotatable bonds is 7. The average Bonchev–Trinajstić information content (AvgIpc) is 2.78. The lowest BCUT2D eigenvalue weighted by atomic mass is 10.1. The monoisotopic (exact) mass is 466 g/mol. The molecule has 0 radical (unpaired) electrons. The molecule has 8 heteroatoms. The van der Waals surface area contributed by atoms with Gasteiger partial charge in [-0.15, -0.1) is 0 Å². The van der Waals surface area contributed by atoms with Crippen LogP contribution in [0.3, 0.4) is 0 Å². The number of ether oxygens (including phenoxy) is 1. The third-order valence-electron chi connectivity index (χ3n) is 4.36. The fraction of sp³-hybridized carbons (Fsp3) is 0.0417. The molecule has 0 saturated carbocycles. The van der Waals surface area contributed by atoms with E-state index >= 15 is 0 Å². The number of carbonyl (C=O) groups excluding carboxylic acids is 1. The average molecular weight is 467 g/mol. The van der Waals surface area contributed by atoms with Crippen LogP contribution in [0.1, 0.15) is 21.5 Å². The molecule has 0 spiro atoms. The molecule has 0 aromatic heterocycles. The Balaban J connectivity index is 1.64. The van der Waals surface area contributed by atoms with Gasteiger partial charge in [0.15, 0.2) is 0 Å². The Morgan fingerprint density at radius 2 is 1.72 bits per heavy atom. The zero-order valence-electron chi connectivity index (χ0n) is 16.5. The van der Waals surface area contributed by atoms with E-state index in [-0.39, 0.29) is 17.7 Å². The molecule has 0 unspecified atom stereocenters. The van der Waals surface area contributed by atoms with Crippen LogP contribution in [0.15, 0.2) is 72.3 Å². The summed E-state index contributed by atoms with van der Waals surface area (Å²) >= 11 is 12.0. The van der Waals surface area contributed by atoms with Crippen LogP contribution in [0.25, 0.3) is 6.08 Å². The van der Waals surface area contributed by atoms with Crippen LogP contribution in [0, 0.1) is 11.3 Å². The maximum atomic E-state index is 12.4. The SMILES string of the molecule is N#C/C(=C\c1ccc(OCc2ccc(Cl)cc2Cl)cc1)C(=O)Nc1ccc(C(=O)O)cc1. The second-order valence-electron chi connectivity index (χ2n) is 6.60. The largest absolute Gasteiger partial charge is 0.489 e. The van der Waals surface area contributed by atoms with Gasteiger partial charge in [-0.3, -0.25) is 4.79 Å². The van der Waals surface area contributed by atoms with Crippen molar-refractivity contribution >= 4 is 46.8 Å². The summed E-state index contributed by atoms with van der Waals surface area (Å²) in [6.07, 6.45) is 1.45.